The molecular weight excluding hydrogens is 399 g/mol. The molecule has 3 heterocycles. The molecule has 29 heavy (non-hydrogen) atoms. The van der Waals surface area contributed by atoms with E-state index in [9.17, 15) is 27.6 Å². The molecule has 1 atom stereocenters. The highest BCUT2D eigenvalue weighted by atomic mass is 19.3. The van der Waals surface area contributed by atoms with Crippen LogP contribution in [-0.2, 0) is 4.74 Å². The zero-order chi connectivity index (χ0) is 21.0. The molecule has 14 heteroatoms. The molecule has 0 aliphatic rings. The van der Waals surface area contributed by atoms with Gasteiger partial charge in [-0.1, -0.05) is 6.07 Å². The van der Waals surface area contributed by atoms with Crippen molar-refractivity contribution in [3.05, 3.63) is 42.6 Å². The minimum absolute atomic E-state index is 0.0427. The third kappa shape index (κ3) is 4.96. The van der Waals surface area contributed by atoms with Gasteiger partial charge in [0.2, 0.25) is 0 Å². The molecule has 0 aliphatic carbocycles. The Morgan fingerprint density at radius 1 is 1.10 bits per heavy atom. The Kier molecular flexibility index (Phi) is 6.56. The normalized spacial score (nSPS) is 12.7. The molecule has 0 bridgehead atoms. The summed E-state index contributed by atoms with van der Waals surface area (Å²) >= 11 is 0. The van der Waals surface area contributed by atoms with Gasteiger partial charge >= 0.3 is 20.3 Å². The number of hydrogen-bond acceptors (Lipinski definition) is 7. The summed E-state index contributed by atoms with van der Waals surface area (Å²) in [5.74, 6) is -0.159. The molecule has 0 spiro atoms. The predicted molar refractivity (Wildman–Crippen MR) is 91.3 cm³/mol. The third-order valence-corrected chi connectivity index (χ3v) is 4.00. The Morgan fingerprint density at radius 2 is 1.90 bits per heavy atom. The molecule has 2 N–H and O–H groups in total. The van der Waals surface area contributed by atoms with Crippen LogP contribution in [-0.4, -0.2) is 59.9 Å². The summed E-state index contributed by atoms with van der Waals surface area (Å²) in [5.41, 5.74) is 0.616. The second kappa shape index (κ2) is 9.11. The quantitative estimate of drug-likeness (QED) is 0.394. The summed E-state index contributed by atoms with van der Waals surface area (Å²) in [7, 11) is -1.71. The van der Waals surface area contributed by atoms with E-state index in [1.54, 1.807) is 0 Å². The first-order valence-corrected chi connectivity index (χ1v) is 8.31. The van der Waals surface area contributed by atoms with Gasteiger partial charge in [0, 0.05) is 17.9 Å². The van der Waals surface area contributed by atoms with Crippen molar-refractivity contribution in [1.29, 1.82) is 0 Å². The molecule has 1 unspecified atom stereocenters. The summed E-state index contributed by atoms with van der Waals surface area (Å²) in [5, 5.41) is 26.0. The molecule has 0 fully saturated rings. The van der Waals surface area contributed by atoms with Crippen LogP contribution in [0.15, 0.2) is 36.9 Å². The van der Waals surface area contributed by atoms with Crippen LogP contribution in [0.5, 0.6) is 0 Å². The first-order valence-electron chi connectivity index (χ1n) is 8.31. The maximum Gasteiger partial charge on any atom is 0.490 e. The summed E-state index contributed by atoms with van der Waals surface area (Å²) in [6, 6.07) is 3.63. The Balaban J connectivity index is 1.89. The molecule has 0 saturated heterocycles. The Morgan fingerprint density at radius 3 is 2.52 bits per heavy atom. The second-order valence-electron chi connectivity index (χ2n) is 5.81. The molecule has 0 amide bonds. The fourth-order valence-corrected chi connectivity index (χ4v) is 2.66. The van der Waals surface area contributed by atoms with Crippen molar-refractivity contribution < 1.29 is 32.3 Å². The van der Waals surface area contributed by atoms with Crippen LogP contribution >= 0.6 is 0 Å². The number of pyridine rings is 1. The van der Waals surface area contributed by atoms with Crippen LogP contribution < -0.4 is 5.46 Å². The number of ether oxygens (including phenoxy) is 1. The van der Waals surface area contributed by atoms with E-state index in [2.05, 4.69) is 24.9 Å². The molecule has 0 radical (unpaired) electrons. The summed E-state index contributed by atoms with van der Waals surface area (Å²) in [6.07, 6.45) is 3.69. The first kappa shape index (κ1) is 20.9. The van der Waals surface area contributed by atoms with Crippen LogP contribution in [0.25, 0.3) is 11.5 Å². The lowest BCUT2D eigenvalue weighted by molar-refractivity contribution is -0.130. The van der Waals surface area contributed by atoms with Gasteiger partial charge in [-0.15, -0.1) is 0 Å². The maximum absolute atomic E-state index is 13.0. The molecule has 154 valence electrons. The zero-order valence-corrected chi connectivity index (χ0v) is 14.7. The molecule has 0 aromatic carbocycles. The first-order chi connectivity index (χ1) is 13.9. The van der Waals surface area contributed by atoms with Gasteiger partial charge in [-0.25, -0.2) is 4.98 Å². The smallest absolute Gasteiger partial charge is 0.423 e. The largest absolute Gasteiger partial charge is 0.490 e. The highest BCUT2D eigenvalue weighted by Gasteiger charge is 2.22. The number of aromatic nitrogens is 6. The van der Waals surface area contributed by atoms with Crippen molar-refractivity contribution in [2.45, 2.75) is 25.6 Å². The lowest BCUT2D eigenvalue weighted by Crippen LogP contribution is -2.30. The molecular formula is C15H15BF4N6O3. The summed E-state index contributed by atoms with van der Waals surface area (Å²) < 4.78 is 56.7. The number of nitrogens with zero attached hydrogens (tertiary/aromatic N) is 6. The average molecular weight is 414 g/mol. The van der Waals surface area contributed by atoms with E-state index in [0.29, 0.717) is 10.4 Å². The van der Waals surface area contributed by atoms with Gasteiger partial charge in [0.15, 0.2) is 5.82 Å². The van der Waals surface area contributed by atoms with Gasteiger partial charge in [0.1, 0.15) is 12.0 Å². The predicted octanol–water partition coefficient (Wildman–Crippen LogP) is 0.830. The number of halogens is 4. The Hall–Kier alpha value is -2.84. The van der Waals surface area contributed by atoms with Crippen molar-refractivity contribution in [1.82, 2.24) is 29.5 Å². The minimum atomic E-state index is -2.95. The second-order valence-corrected chi connectivity index (χ2v) is 5.81. The van der Waals surface area contributed by atoms with Crippen LogP contribution in [0.3, 0.4) is 0 Å². The van der Waals surface area contributed by atoms with Crippen molar-refractivity contribution in [3.8, 4) is 11.5 Å². The average Bonchev–Trinajstić information content (AvgIpc) is 3.34. The van der Waals surface area contributed by atoms with Gasteiger partial charge in [-0.05, 0) is 18.6 Å². The highest BCUT2D eigenvalue weighted by Crippen LogP contribution is 2.24. The lowest BCUT2D eigenvalue weighted by atomic mass is 9.81. The number of alkyl halides is 4. The Labute approximate surface area is 161 Å². The molecule has 3 rings (SSSR count). The van der Waals surface area contributed by atoms with E-state index < -0.39 is 26.3 Å². The maximum atomic E-state index is 13.0. The molecule has 0 aliphatic heterocycles. The SMILES string of the molecule is OB(O)c1ccc(C(CCOC(F)F)n2ccc(-c3ncnn3C(F)F)n2)nc1. The molecule has 9 nitrogen and oxygen atoms in total. The fourth-order valence-electron chi connectivity index (χ4n) is 2.66. The zero-order valence-electron chi connectivity index (χ0n) is 14.7. The summed E-state index contributed by atoms with van der Waals surface area (Å²) in [4.78, 5) is 7.89. The standard InChI is InChI=1S/C15H15BF4N6O3/c17-14(18)26-13(22-8-23-26)11-3-5-25(24-11)12(4-6-29-15(19)20)10-2-1-9(7-21-10)16(27)28/h1-3,5,7-8,12,14-15,27-28H,4,6H2. The molecule has 3 aromatic heterocycles. The van der Waals surface area contributed by atoms with Gasteiger partial charge in [0.25, 0.3) is 0 Å². The molecule has 3 aromatic rings. The van der Waals surface area contributed by atoms with Gasteiger partial charge < -0.3 is 14.8 Å². The lowest BCUT2D eigenvalue weighted by Gasteiger charge is -2.17. The van der Waals surface area contributed by atoms with Crippen molar-refractivity contribution in [3.63, 3.8) is 0 Å². The van der Waals surface area contributed by atoms with E-state index in [1.165, 1.54) is 35.3 Å². The van der Waals surface area contributed by atoms with Crippen LogP contribution in [0.2, 0.25) is 0 Å². The monoisotopic (exact) mass is 414 g/mol. The summed E-state index contributed by atoms with van der Waals surface area (Å²) in [6.45, 7) is -6.18. The Bertz CT molecular complexity index is 921. The van der Waals surface area contributed by atoms with Gasteiger partial charge in [-0.3, -0.25) is 9.67 Å². The van der Waals surface area contributed by atoms with Crippen LogP contribution in [0.1, 0.15) is 24.7 Å². The third-order valence-electron chi connectivity index (χ3n) is 4.00. The van der Waals surface area contributed by atoms with E-state index in [-0.39, 0.29) is 30.0 Å². The van der Waals surface area contributed by atoms with Crippen LogP contribution in [0, 0.1) is 0 Å². The van der Waals surface area contributed by atoms with Gasteiger partial charge in [-0.2, -0.15) is 32.4 Å². The van der Waals surface area contributed by atoms with E-state index in [1.807, 2.05) is 0 Å². The number of hydrogen-bond donors (Lipinski definition) is 2. The topological polar surface area (TPSA) is 111 Å². The van der Waals surface area contributed by atoms with E-state index in [0.717, 1.165) is 6.33 Å². The van der Waals surface area contributed by atoms with E-state index >= 15 is 0 Å². The highest BCUT2D eigenvalue weighted by molar-refractivity contribution is 6.58. The fraction of sp³-hybridized carbons (Fsp3) is 0.333. The molecule has 0 saturated carbocycles. The number of rotatable bonds is 9. The van der Waals surface area contributed by atoms with Gasteiger partial charge in [0.05, 0.1) is 18.3 Å². The van der Waals surface area contributed by atoms with Crippen molar-refractivity contribution >= 4 is 12.6 Å². The van der Waals surface area contributed by atoms with Crippen molar-refractivity contribution in [2.24, 2.45) is 0 Å². The minimum Gasteiger partial charge on any atom is -0.423 e. The van der Waals surface area contributed by atoms with Crippen LogP contribution in [0.4, 0.5) is 17.6 Å². The van der Waals surface area contributed by atoms with Crippen molar-refractivity contribution in [2.75, 3.05) is 6.61 Å². The van der Waals surface area contributed by atoms with E-state index in [4.69, 9.17) is 0 Å².